The highest BCUT2D eigenvalue weighted by Gasteiger charge is 2.48. The van der Waals surface area contributed by atoms with Gasteiger partial charge in [0.2, 0.25) is 6.29 Å². The molecule has 24 heavy (non-hydrogen) atoms. The van der Waals surface area contributed by atoms with E-state index >= 15 is 0 Å². The first-order valence-corrected chi connectivity index (χ1v) is 8.35. The van der Waals surface area contributed by atoms with Crippen molar-refractivity contribution in [3.05, 3.63) is 11.8 Å². The fraction of sp³-hybridized carbons (Fsp3) is 0.765. The van der Waals surface area contributed by atoms with Crippen molar-refractivity contribution in [2.75, 3.05) is 41.3 Å². The van der Waals surface area contributed by atoms with Gasteiger partial charge in [-0.15, -0.1) is 0 Å². The summed E-state index contributed by atoms with van der Waals surface area (Å²) in [5, 5.41) is 0. The van der Waals surface area contributed by atoms with Crippen LogP contribution >= 0.6 is 0 Å². The number of hydrogen-bond donors (Lipinski definition) is 0. The molecule has 2 aliphatic rings. The van der Waals surface area contributed by atoms with Gasteiger partial charge in [-0.1, -0.05) is 6.92 Å². The third-order valence-corrected chi connectivity index (χ3v) is 4.93. The Morgan fingerprint density at radius 2 is 1.96 bits per heavy atom. The number of esters is 1. The number of fused-ring (bicyclic) bond motifs is 1. The van der Waals surface area contributed by atoms with Crippen LogP contribution in [0.25, 0.3) is 0 Å². The lowest BCUT2D eigenvalue weighted by Crippen LogP contribution is -2.42. The highest BCUT2D eigenvalue weighted by Crippen LogP contribution is 2.46. The van der Waals surface area contributed by atoms with Crippen LogP contribution in [0, 0.1) is 17.8 Å². The number of carbonyl (C=O) groups is 2. The van der Waals surface area contributed by atoms with Crippen molar-refractivity contribution in [1.29, 1.82) is 0 Å². The fourth-order valence-electron chi connectivity index (χ4n) is 3.42. The maximum Gasteiger partial charge on any atom is 0.412 e. The van der Waals surface area contributed by atoms with Crippen molar-refractivity contribution in [3.8, 4) is 0 Å². The van der Waals surface area contributed by atoms with E-state index in [0.717, 1.165) is 19.4 Å². The highest BCUT2D eigenvalue weighted by molar-refractivity contribution is 5.89. The van der Waals surface area contributed by atoms with Gasteiger partial charge < -0.3 is 24.0 Å². The highest BCUT2D eigenvalue weighted by atomic mass is 16.7. The Labute approximate surface area is 143 Å². The van der Waals surface area contributed by atoms with E-state index in [1.165, 1.54) is 18.3 Å². The number of carbonyl (C=O) groups excluding carboxylic acids is 2. The maximum atomic E-state index is 12.3. The van der Waals surface area contributed by atoms with Gasteiger partial charge in [0, 0.05) is 32.0 Å². The molecule has 1 aliphatic carbocycles. The zero-order valence-electron chi connectivity index (χ0n) is 15.2. The minimum Gasteiger partial charge on any atom is -0.466 e. The number of hydrogen-bond acceptors (Lipinski definition) is 6. The van der Waals surface area contributed by atoms with Crippen molar-refractivity contribution in [2.45, 2.75) is 26.1 Å². The second-order valence-corrected chi connectivity index (χ2v) is 6.92. The summed E-state index contributed by atoms with van der Waals surface area (Å²) in [6.45, 7) is 3.43. The summed E-state index contributed by atoms with van der Waals surface area (Å²) in [6.07, 6.45) is 2.19. The van der Waals surface area contributed by atoms with Gasteiger partial charge in [-0.05, 0) is 32.9 Å². The Morgan fingerprint density at radius 3 is 2.58 bits per heavy atom. The number of amides is 1. The second-order valence-electron chi connectivity index (χ2n) is 6.92. The molecule has 0 aromatic carbocycles. The first kappa shape index (κ1) is 18.6. The molecule has 0 aromatic heterocycles. The van der Waals surface area contributed by atoms with Crippen LogP contribution < -0.4 is 0 Å². The normalized spacial score (nSPS) is 28.7. The van der Waals surface area contributed by atoms with Crippen LogP contribution in [0.4, 0.5) is 4.79 Å². The van der Waals surface area contributed by atoms with Crippen molar-refractivity contribution >= 4 is 12.1 Å². The molecule has 2 rings (SSSR count). The summed E-state index contributed by atoms with van der Waals surface area (Å²) >= 11 is 0. The second kappa shape index (κ2) is 7.88. The van der Waals surface area contributed by atoms with Crippen LogP contribution in [0.2, 0.25) is 0 Å². The van der Waals surface area contributed by atoms with E-state index in [2.05, 4.69) is 6.92 Å². The smallest absolute Gasteiger partial charge is 0.412 e. The summed E-state index contributed by atoms with van der Waals surface area (Å²) in [6, 6.07) is 0. The molecule has 0 saturated heterocycles. The summed E-state index contributed by atoms with van der Waals surface area (Å²) in [5.74, 6) is -0.0541. The summed E-state index contributed by atoms with van der Waals surface area (Å²) in [5.41, 5.74) is 0.542. The minimum atomic E-state index is -0.657. The monoisotopic (exact) mass is 340 g/mol. The lowest BCUT2D eigenvalue weighted by atomic mass is 9.83. The van der Waals surface area contributed by atoms with E-state index in [4.69, 9.17) is 14.2 Å². The zero-order valence-corrected chi connectivity index (χ0v) is 15.2. The van der Waals surface area contributed by atoms with E-state index in [1.54, 1.807) is 7.05 Å². The molecule has 0 aromatic rings. The van der Waals surface area contributed by atoms with Gasteiger partial charge in [0.05, 0.1) is 18.9 Å². The Hall–Kier alpha value is -1.76. The van der Waals surface area contributed by atoms with E-state index in [-0.39, 0.29) is 17.8 Å². The summed E-state index contributed by atoms with van der Waals surface area (Å²) in [4.78, 5) is 27.7. The Morgan fingerprint density at radius 1 is 1.25 bits per heavy atom. The molecule has 0 N–H and O–H groups in total. The largest absolute Gasteiger partial charge is 0.466 e. The average Bonchev–Trinajstić information content (AvgIpc) is 2.94. The Kier molecular flexibility index (Phi) is 6.10. The third kappa shape index (κ3) is 4.01. The van der Waals surface area contributed by atoms with E-state index in [1.807, 2.05) is 19.0 Å². The number of likely N-dealkylation sites (N-methyl/N-ethyl adjacent to an activating group) is 2. The standard InChI is InChI=1S/C17H28N2O5/c1-11-6-7-12-13(15(20)22-5)10-23-16(14(11)12)24-17(21)19(4)9-8-18(2)3/h10-12,14,16H,6-9H2,1-5H3. The van der Waals surface area contributed by atoms with Gasteiger partial charge >= 0.3 is 12.1 Å². The lowest BCUT2D eigenvalue weighted by molar-refractivity contribution is -0.146. The van der Waals surface area contributed by atoms with Crippen LogP contribution in [0.1, 0.15) is 19.8 Å². The average molecular weight is 340 g/mol. The number of methoxy groups -OCH3 is 1. The van der Waals surface area contributed by atoms with Crippen molar-refractivity contribution in [3.63, 3.8) is 0 Å². The van der Waals surface area contributed by atoms with Crippen LogP contribution in [-0.4, -0.2) is 69.5 Å². The first-order chi connectivity index (χ1) is 11.3. The predicted octanol–water partition coefficient (Wildman–Crippen LogP) is 1.69. The maximum absolute atomic E-state index is 12.3. The lowest BCUT2D eigenvalue weighted by Gasteiger charge is -2.35. The number of ether oxygens (including phenoxy) is 3. The molecule has 0 radical (unpaired) electrons. The van der Waals surface area contributed by atoms with Crippen LogP contribution in [0.3, 0.4) is 0 Å². The number of nitrogens with zero attached hydrogens (tertiary/aromatic N) is 2. The van der Waals surface area contributed by atoms with Crippen LogP contribution in [0.15, 0.2) is 11.8 Å². The molecule has 1 heterocycles. The van der Waals surface area contributed by atoms with Gasteiger partial charge in [0.1, 0.15) is 0 Å². The molecule has 7 nitrogen and oxygen atoms in total. The SMILES string of the molecule is COC(=O)C1=COC(OC(=O)N(C)CCN(C)C)C2C(C)CCC12. The minimum absolute atomic E-state index is 0.0182. The van der Waals surface area contributed by atoms with Crippen LogP contribution in [-0.2, 0) is 19.0 Å². The summed E-state index contributed by atoms with van der Waals surface area (Å²) in [7, 11) is 6.98. The molecule has 0 spiro atoms. The molecular weight excluding hydrogens is 312 g/mol. The van der Waals surface area contributed by atoms with Crippen molar-refractivity contribution < 1.29 is 23.8 Å². The molecule has 4 atom stereocenters. The molecule has 0 bridgehead atoms. The third-order valence-electron chi connectivity index (χ3n) is 4.93. The van der Waals surface area contributed by atoms with E-state index in [9.17, 15) is 9.59 Å². The van der Waals surface area contributed by atoms with E-state index < -0.39 is 12.4 Å². The fourth-order valence-corrected chi connectivity index (χ4v) is 3.42. The van der Waals surface area contributed by atoms with Gasteiger partial charge in [0.25, 0.3) is 0 Å². The molecule has 1 aliphatic heterocycles. The molecular formula is C17H28N2O5. The van der Waals surface area contributed by atoms with Gasteiger partial charge in [-0.25, -0.2) is 9.59 Å². The topological polar surface area (TPSA) is 68.3 Å². The Bertz CT molecular complexity index is 505. The quantitative estimate of drug-likeness (QED) is 0.710. The van der Waals surface area contributed by atoms with Crippen molar-refractivity contribution in [1.82, 2.24) is 9.80 Å². The predicted molar refractivity (Wildman–Crippen MR) is 88.0 cm³/mol. The molecule has 1 fully saturated rings. The molecule has 1 saturated carbocycles. The van der Waals surface area contributed by atoms with Crippen molar-refractivity contribution in [2.24, 2.45) is 17.8 Å². The van der Waals surface area contributed by atoms with Gasteiger partial charge in [-0.3, -0.25) is 0 Å². The molecule has 1 amide bonds. The number of rotatable bonds is 5. The zero-order chi connectivity index (χ0) is 17.9. The summed E-state index contributed by atoms with van der Waals surface area (Å²) < 4.78 is 16.0. The molecule has 136 valence electrons. The molecule has 7 heteroatoms. The van der Waals surface area contributed by atoms with Gasteiger partial charge in [0.15, 0.2) is 0 Å². The first-order valence-electron chi connectivity index (χ1n) is 8.35. The Balaban J connectivity index is 2.04. The van der Waals surface area contributed by atoms with Crippen LogP contribution in [0.5, 0.6) is 0 Å². The van der Waals surface area contributed by atoms with Gasteiger partial charge in [-0.2, -0.15) is 0 Å². The molecule has 4 unspecified atom stereocenters. The van der Waals surface area contributed by atoms with E-state index in [0.29, 0.717) is 18.0 Å².